The lowest BCUT2D eigenvalue weighted by Gasteiger charge is -2.11. The Balaban J connectivity index is 2.21. The van der Waals surface area contributed by atoms with Crippen LogP contribution in [0.15, 0.2) is 47.8 Å². The van der Waals surface area contributed by atoms with Crippen molar-refractivity contribution >= 4 is 15.5 Å². The van der Waals surface area contributed by atoms with Gasteiger partial charge in [0.15, 0.2) is 9.84 Å². The summed E-state index contributed by atoms with van der Waals surface area (Å²) < 4.78 is 24.4. The third-order valence-electron chi connectivity index (χ3n) is 2.80. The van der Waals surface area contributed by atoms with Gasteiger partial charge in [0.25, 0.3) is 0 Å². The Bertz CT molecular complexity index is 657. The lowest BCUT2D eigenvalue weighted by molar-refractivity contribution is 0.595. The highest BCUT2D eigenvalue weighted by atomic mass is 32.2. The molecule has 106 valence electrons. The molecule has 2 rings (SSSR count). The maximum atomic E-state index is 12.2. The average molecular weight is 291 g/mol. The van der Waals surface area contributed by atoms with Crippen molar-refractivity contribution in [1.29, 1.82) is 0 Å². The molecule has 0 atom stereocenters. The van der Waals surface area contributed by atoms with Crippen molar-refractivity contribution in [1.82, 2.24) is 9.97 Å². The zero-order valence-corrected chi connectivity index (χ0v) is 12.1. The minimum atomic E-state index is -3.24. The van der Waals surface area contributed by atoms with Crippen molar-refractivity contribution in [3.8, 4) is 0 Å². The molecular weight excluding hydrogens is 274 g/mol. The summed E-state index contributed by atoms with van der Waals surface area (Å²) in [6, 6.07) is 8.74. The van der Waals surface area contributed by atoms with Crippen LogP contribution in [0.25, 0.3) is 0 Å². The van der Waals surface area contributed by atoms with Crippen molar-refractivity contribution in [2.75, 3.05) is 11.1 Å². The summed E-state index contributed by atoms with van der Waals surface area (Å²) in [5, 5.41) is 3.12. The van der Waals surface area contributed by atoms with Crippen LogP contribution in [0.2, 0.25) is 0 Å². The van der Waals surface area contributed by atoms with Gasteiger partial charge in [-0.2, -0.15) is 0 Å². The molecule has 5 nitrogen and oxygen atoms in total. The number of sulfone groups is 1. The Hall–Kier alpha value is -1.95. The lowest BCUT2D eigenvalue weighted by Crippen LogP contribution is -2.10. The highest BCUT2D eigenvalue weighted by Crippen LogP contribution is 2.22. The molecule has 0 fully saturated rings. The van der Waals surface area contributed by atoms with E-state index in [4.69, 9.17) is 0 Å². The number of anilines is 1. The van der Waals surface area contributed by atoms with Gasteiger partial charge in [0.1, 0.15) is 6.33 Å². The van der Waals surface area contributed by atoms with Gasteiger partial charge in [-0.15, -0.1) is 0 Å². The normalized spacial score (nSPS) is 11.2. The van der Waals surface area contributed by atoms with E-state index in [-0.39, 0.29) is 5.75 Å². The molecule has 6 heteroatoms. The molecule has 0 aliphatic heterocycles. The number of benzene rings is 1. The minimum absolute atomic E-state index is 0.152. The van der Waals surface area contributed by atoms with Crippen molar-refractivity contribution in [2.45, 2.75) is 24.8 Å². The fourth-order valence-electron chi connectivity index (χ4n) is 1.87. The quantitative estimate of drug-likeness (QED) is 0.884. The first-order valence-electron chi connectivity index (χ1n) is 6.44. The van der Waals surface area contributed by atoms with Gasteiger partial charge in [0.2, 0.25) is 0 Å². The molecule has 0 unspecified atom stereocenters. The maximum Gasteiger partial charge on any atom is 0.180 e. The van der Waals surface area contributed by atoms with Crippen LogP contribution in [0.3, 0.4) is 0 Å². The Morgan fingerprint density at radius 1 is 1.20 bits per heavy atom. The van der Waals surface area contributed by atoms with Gasteiger partial charge in [0.05, 0.1) is 28.6 Å². The summed E-state index contributed by atoms with van der Waals surface area (Å²) in [7, 11) is -3.24. The second-order valence-electron chi connectivity index (χ2n) is 4.37. The van der Waals surface area contributed by atoms with Crippen LogP contribution < -0.4 is 5.32 Å². The molecule has 0 saturated carbocycles. The lowest BCUT2D eigenvalue weighted by atomic mass is 10.3. The first kappa shape index (κ1) is 14.5. The van der Waals surface area contributed by atoms with Crippen molar-refractivity contribution < 1.29 is 8.42 Å². The van der Waals surface area contributed by atoms with Crippen molar-refractivity contribution in [3.63, 3.8) is 0 Å². The molecule has 0 bridgehead atoms. The second-order valence-corrected chi connectivity index (χ2v) is 6.45. The van der Waals surface area contributed by atoms with Crippen LogP contribution in [0.5, 0.6) is 0 Å². The zero-order chi connectivity index (χ0) is 14.4. The fraction of sp³-hybridized carbons (Fsp3) is 0.286. The molecule has 1 N–H and O–H groups in total. The molecule has 0 spiro atoms. The van der Waals surface area contributed by atoms with Gasteiger partial charge in [0, 0.05) is 6.20 Å². The van der Waals surface area contributed by atoms with E-state index in [2.05, 4.69) is 15.3 Å². The summed E-state index contributed by atoms with van der Waals surface area (Å²) in [4.78, 5) is 8.29. The summed E-state index contributed by atoms with van der Waals surface area (Å²) in [6.07, 6.45) is 3.73. The summed E-state index contributed by atoms with van der Waals surface area (Å²) in [6.45, 7) is 2.32. The van der Waals surface area contributed by atoms with Crippen LogP contribution in [0.4, 0.5) is 5.69 Å². The van der Waals surface area contributed by atoms with Gasteiger partial charge in [-0.25, -0.2) is 18.4 Å². The largest absolute Gasteiger partial charge is 0.378 e. The van der Waals surface area contributed by atoms with E-state index in [0.717, 1.165) is 5.69 Å². The number of aromatic nitrogens is 2. The summed E-state index contributed by atoms with van der Waals surface area (Å²) >= 11 is 0. The Kier molecular flexibility index (Phi) is 4.68. The molecule has 1 aromatic carbocycles. The Morgan fingerprint density at radius 2 is 2.00 bits per heavy atom. The monoisotopic (exact) mass is 291 g/mol. The first-order chi connectivity index (χ1) is 9.63. The van der Waals surface area contributed by atoms with E-state index < -0.39 is 9.84 Å². The zero-order valence-electron chi connectivity index (χ0n) is 11.3. The van der Waals surface area contributed by atoms with Crippen molar-refractivity contribution in [2.24, 2.45) is 0 Å². The summed E-state index contributed by atoms with van der Waals surface area (Å²) in [5.41, 5.74) is 1.42. The molecule has 1 heterocycles. The number of nitrogens with zero attached hydrogens (tertiary/aromatic N) is 2. The number of para-hydroxylation sites is 1. The van der Waals surface area contributed by atoms with Crippen LogP contribution in [-0.4, -0.2) is 24.1 Å². The van der Waals surface area contributed by atoms with Crippen LogP contribution in [-0.2, 0) is 16.4 Å². The number of rotatable bonds is 6. The topological polar surface area (TPSA) is 72.0 Å². The maximum absolute atomic E-state index is 12.2. The third-order valence-corrected chi connectivity index (χ3v) is 4.77. The molecule has 20 heavy (non-hydrogen) atoms. The molecule has 2 aromatic rings. The van der Waals surface area contributed by atoms with Gasteiger partial charge in [-0.1, -0.05) is 19.1 Å². The molecular formula is C14H17N3O2S. The molecule has 0 amide bonds. The highest BCUT2D eigenvalue weighted by molar-refractivity contribution is 7.91. The van der Waals surface area contributed by atoms with Crippen LogP contribution >= 0.6 is 0 Å². The number of hydrogen-bond donors (Lipinski definition) is 1. The molecule has 0 saturated heterocycles. The number of hydrogen-bond acceptors (Lipinski definition) is 5. The fourth-order valence-corrected chi connectivity index (χ4v) is 3.39. The van der Waals surface area contributed by atoms with E-state index >= 15 is 0 Å². The standard InChI is InChI=1S/C14H17N3O2S/c1-2-9-20(18,19)14-6-4-3-5-13(14)16-10-12-7-8-15-11-17-12/h3-8,11,16H,2,9-10H2,1H3. The Morgan fingerprint density at radius 3 is 2.70 bits per heavy atom. The Labute approximate surface area is 119 Å². The van der Waals surface area contributed by atoms with Crippen LogP contribution in [0.1, 0.15) is 19.0 Å². The van der Waals surface area contributed by atoms with Gasteiger partial charge >= 0.3 is 0 Å². The molecule has 0 aliphatic rings. The van der Waals surface area contributed by atoms with E-state index in [1.165, 1.54) is 6.33 Å². The van der Waals surface area contributed by atoms with E-state index in [1.807, 2.05) is 13.0 Å². The van der Waals surface area contributed by atoms with Gasteiger partial charge < -0.3 is 5.32 Å². The highest BCUT2D eigenvalue weighted by Gasteiger charge is 2.17. The van der Waals surface area contributed by atoms with Crippen LogP contribution in [0, 0.1) is 0 Å². The summed E-state index contributed by atoms with van der Waals surface area (Å²) in [5.74, 6) is 0.152. The van der Waals surface area contributed by atoms with Gasteiger partial charge in [-0.3, -0.25) is 0 Å². The third kappa shape index (κ3) is 3.54. The minimum Gasteiger partial charge on any atom is -0.378 e. The second kappa shape index (κ2) is 6.47. The molecule has 1 aromatic heterocycles. The number of nitrogens with one attached hydrogen (secondary N) is 1. The SMILES string of the molecule is CCCS(=O)(=O)c1ccccc1NCc1ccncn1. The van der Waals surface area contributed by atoms with E-state index in [0.29, 0.717) is 23.5 Å². The molecule has 0 radical (unpaired) electrons. The van der Waals surface area contributed by atoms with Crippen molar-refractivity contribution in [3.05, 3.63) is 48.5 Å². The molecule has 0 aliphatic carbocycles. The van der Waals surface area contributed by atoms with E-state index in [1.54, 1.807) is 30.5 Å². The predicted octanol–water partition coefficient (Wildman–Crippen LogP) is 2.27. The first-order valence-corrected chi connectivity index (χ1v) is 8.09. The van der Waals surface area contributed by atoms with Gasteiger partial charge in [-0.05, 0) is 24.6 Å². The smallest absolute Gasteiger partial charge is 0.180 e. The average Bonchev–Trinajstić information content (AvgIpc) is 2.46. The van der Waals surface area contributed by atoms with E-state index in [9.17, 15) is 8.42 Å². The predicted molar refractivity (Wildman–Crippen MR) is 78.1 cm³/mol.